The first-order valence-corrected chi connectivity index (χ1v) is 5.66. The molecular weight excluding hydrogens is 245 g/mol. The van der Waals surface area contributed by atoms with Crippen molar-refractivity contribution in [1.82, 2.24) is 10.6 Å². The van der Waals surface area contributed by atoms with Crippen LogP contribution in [0.3, 0.4) is 0 Å². The standard InChI is InChI=1S/C12H13F3N2O/c1-6(11-12(18)17-3-2-16-11)8-4-7(13)5-9(14)10(8)15/h4-6,11,16H,2-3H2,1H3,(H,17,18)/t6?,11-/m1/s1. The number of hydrogen-bond donors (Lipinski definition) is 2. The molecule has 3 nitrogen and oxygen atoms in total. The summed E-state index contributed by atoms with van der Waals surface area (Å²) >= 11 is 0. The summed E-state index contributed by atoms with van der Waals surface area (Å²) in [6.07, 6.45) is 0. The second-order valence-electron chi connectivity index (χ2n) is 4.30. The number of nitrogens with one attached hydrogen (secondary N) is 2. The average molecular weight is 258 g/mol. The molecule has 2 atom stereocenters. The van der Waals surface area contributed by atoms with Crippen molar-refractivity contribution in [3.05, 3.63) is 35.1 Å². The molecule has 1 heterocycles. The fraction of sp³-hybridized carbons (Fsp3) is 0.417. The molecule has 0 aromatic heterocycles. The summed E-state index contributed by atoms with van der Waals surface area (Å²) in [5.41, 5.74) is -0.137. The Hall–Kier alpha value is -1.56. The lowest BCUT2D eigenvalue weighted by Crippen LogP contribution is -2.55. The predicted octanol–water partition coefficient (Wildman–Crippen LogP) is 1.30. The van der Waals surface area contributed by atoms with Gasteiger partial charge < -0.3 is 10.6 Å². The SMILES string of the molecule is CC(c1cc(F)cc(F)c1F)[C@H]1NCCNC1=O. The predicted molar refractivity (Wildman–Crippen MR) is 59.5 cm³/mol. The Bertz CT molecular complexity index is 479. The van der Waals surface area contributed by atoms with Crippen LogP contribution in [-0.2, 0) is 4.79 Å². The molecule has 18 heavy (non-hydrogen) atoms. The highest BCUT2D eigenvalue weighted by molar-refractivity contribution is 5.83. The zero-order chi connectivity index (χ0) is 13.3. The van der Waals surface area contributed by atoms with Crippen LogP contribution in [0.15, 0.2) is 12.1 Å². The minimum absolute atomic E-state index is 0.137. The van der Waals surface area contributed by atoms with Crippen LogP contribution in [0.4, 0.5) is 13.2 Å². The van der Waals surface area contributed by atoms with Crippen LogP contribution in [0.5, 0.6) is 0 Å². The summed E-state index contributed by atoms with van der Waals surface area (Å²) in [5, 5.41) is 5.53. The highest BCUT2D eigenvalue weighted by atomic mass is 19.2. The number of carbonyl (C=O) groups excluding carboxylic acids is 1. The van der Waals surface area contributed by atoms with Gasteiger partial charge in [-0.1, -0.05) is 6.92 Å². The first-order chi connectivity index (χ1) is 8.50. The summed E-state index contributed by atoms with van der Waals surface area (Å²) < 4.78 is 39.8. The first-order valence-electron chi connectivity index (χ1n) is 5.66. The Kier molecular flexibility index (Phi) is 3.56. The van der Waals surface area contributed by atoms with Gasteiger partial charge in [-0.15, -0.1) is 0 Å². The van der Waals surface area contributed by atoms with E-state index in [9.17, 15) is 18.0 Å². The Morgan fingerprint density at radius 2 is 2.00 bits per heavy atom. The second-order valence-corrected chi connectivity index (χ2v) is 4.30. The van der Waals surface area contributed by atoms with E-state index in [1.807, 2.05) is 0 Å². The molecule has 1 aromatic carbocycles. The van der Waals surface area contributed by atoms with Gasteiger partial charge in [0, 0.05) is 25.1 Å². The maximum Gasteiger partial charge on any atom is 0.237 e. The molecule has 0 aliphatic carbocycles. The van der Waals surface area contributed by atoms with Crippen molar-refractivity contribution >= 4 is 5.91 Å². The third kappa shape index (κ3) is 2.33. The summed E-state index contributed by atoms with van der Waals surface area (Å²) in [6.45, 7) is 2.59. The molecular formula is C12H13F3N2O. The van der Waals surface area contributed by atoms with E-state index in [4.69, 9.17) is 0 Å². The quantitative estimate of drug-likeness (QED) is 0.785. The van der Waals surface area contributed by atoms with Crippen LogP contribution in [0.2, 0.25) is 0 Å². The Morgan fingerprint density at radius 1 is 1.28 bits per heavy atom. The van der Waals surface area contributed by atoms with Crippen molar-refractivity contribution in [3.63, 3.8) is 0 Å². The van der Waals surface area contributed by atoms with Crippen molar-refractivity contribution < 1.29 is 18.0 Å². The molecule has 1 aromatic rings. The molecule has 0 bridgehead atoms. The van der Waals surface area contributed by atoms with Crippen LogP contribution < -0.4 is 10.6 Å². The van der Waals surface area contributed by atoms with Gasteiger partial charge in [-0.3, -0.25) is 4.79 Å². The van der Waals surface area contributed by atoms with Gasteiger partial charge >= 0.3 is 0 Å². The van der Waals surface area contributed by atoms with Gasteiger partial charge in [0.1, 0.15) is 5.82 Å². The van der Waals surface area contributed by atoms with Crippen LogP contribution in [-0.4, -0.2) is 25.0 Å². The zero-order valence-corrected chi connectivity index (χ0v) is 9.77. The molecule has 0 spiro atoms. The third-order valence-electron chi connectivity index (χ3n) is 3.08. The van der Waals surface area contributed by atoms with Gasteiger partial charge in [0.15, 0.2) is 11.6 Å². The van der Waals surface area contributed by atoms with Gasteiger partial charge in [0.2, 0.25) is 5.91 Å². The number of rotatable bonds is 2. The van der Waals surface area contributed by atoms with E-state index < -0.39 is 29.4 Å². The van der Waals surface area contributed by atoms with E-state index in [1.165, 1.54) is 0 Å². The number of benzene rings is 1. The molecule has 1 aliphatic rings. The molecule has 2 N–H and O–H groups in total. The smallest absolute Gasteiger partial charge is 0.237 e. The fourth-order valence-corrected chi connectivity index (χ4v) is 2.11. The second kappa shape index (κ2) is 4.97. The van der Waals surface area contributed by atoms with Crippen molar-refractivity contribution in [1.29, 1.82) is 0 Å². The van der Waals surface area contributed by atoms with Crippen molar-refractivity contribution in [3.8, 4) is 0 Å². The maximum atomic E-state index is 13.6. The van der Waals surface area contributed by atoms with Crippen LogP contribution in [0.25, 0.3) is 0 Å². The van der Waals surface area contributed by atoms with E-state index in [1.54, 1.807) is 6.92 Å². The van der Waals surface area contributed by atoms with Crippen molar-refractivity contribution in [2.45, 2.75) is 18.9 Å². The van der Waals surface area contributed by atoms with Gasteiger partial charge in [0.25, 0.3) is 0 Å². The fourth-order valence-electron chi connectivity index (χ4n) is 2.11. The Morgan fingerprint density at radius 3 is 2.67 bits per heavy atom. The van der Waals surface area contributed by atoms with E-state index in [0.717, 1.165) is 6.07 Å². The topological polar surface area (TPSA) is 41.1 Å². The van der Waals surface area contributed by atoms with Crippen LogP contribution in [0.1, 0.15) is 18.4 Å². The molecule has 1 aliphatic heterocycles. The molecule has 0 saturated carbocycles. The lowest BCUT2D eigenvalue weighted by Gasteiger charge is -2.28. The minimum Gasteiger partial charge on any atom is -0.353 e. The average Bonchev–Trinajstić information content (AvgIpc) is 2.33. The summed E-state index contributed by atoms with van der Waals surface area (Å²) in [5.74, 6) is -4.16. The minimum atomic E-state index is -1.24. The first kappa shape index (κ1) is 12.9. The van der Waals surface area contributed by atoms with E-state index in [0.29, 0.717) is 19.2 Å². The zero-order valence-electron chi connectivity index (χ0n) is 9.77. The lowest BCUT2D eigenvalue weighted by molar-refractivity contribution is -0.124. The molecule has 6 heteroatoms. The summed E-state index contributed by atoms with van der Waals surface area (Å²) in [6, 6.07) is 0.724. The third-order valence-corrected chi connectivity index (χ3v) is 3.08. The summed E-state index contributed by atoms with van der Waals surface area (Å²) in [4.78, 5) is 11.6. The van der Waals surface area contributed by atoms with Gasteiger partial charge in [-0.25, -0.2) is 13.2 Å². The van der Waals surface area contributed by atoms with Gasteiger partial charge in [0.05, 0.1) is 6.04 Å². The number of halogens is 3. The van der Waals surface area contributed by atoms with E-state index in [2.05, 4.69) is 10.6 Å². The highest BCUT2D eigenvalue weighted by Gasteiger charge is 2.30. The molecule has 2 rings (SSSR count). The Labute approximate surface area is 102 Å². The lowest BCUT2D eigenvalue weighted by atomic mass is 9.91. The number of carbonyl (C=O) groups is 1. The number of amides is 1. The molecule has 1 amide bonds. The van der Waals surface area contributed by atoms with Gasteiger partial charge in [-0.05, 0) is 11.6 Å². The van der Waals surface area contributed by atoms with Crippen molar-refractivity contribution in [2.75, 3.05) is 13.1 Å². The molecule has 1 unspecified atom stereocenters. The molecule has 0 radical (unpaired) electrons. The number of piperazine rings is 1. The van der Waals surface area contributed by atoms with E-state index in [-0.39, 0.29) is 11.5 Å². The van der Waals surface area contributed by atoms with Crippen LogP contribution in [0, 0.1) is 17.5 Å². The van der Waals surface area contributed by atoms with E-state index >= 15 is 0 Å². The van der Waals surface area contributed by atoms with Crippen LogP contribution >= 0.6 is 0 Å². The molecule has 1 fully saturated rings. The molecule has 1 saturated heterocycles. The number of hydrogen-bond acceptors (Lipinski definition) is 2. The monoisotopic (exact) mass is 258 g/mol. The van der Waals surface area contributed by atoms with Gasteiger partial charge in [-0.2, -0.15) is 0 Å². The maximum absolute atomic E-state index is 13.6. The normalized spacial score (nSPS) is 21.6. The Balaban J connectivity index is 2.33. The largest absolute Gasteiger partial charge is 0.353 e. The van der Waals surface area contributed by atoms with Crippen molar-refractivity contribution in [2.24, 2.45) is 0 Å². The molecule has 98 valence electrons. The highest BCUT2D eigenvalue weighted by Crippen LogP contribution is 2.25. The summed E-state index contributed by atoms with van der Waals surface area (Å²) in [7, 11) is 0.